The summed E-state index contributed by atoms with van der Waals surface area (Å²) in [5, 5.41) is 8.14. The van der Waals surface area contributed by atoms with E-state index in [9.17, 15) is 8.78 Å². The molecule has 0 unspecified atom stereocenters. The molecule has 2 rings (SSSR count). The number of nitrogens with zero attached hydrogens (tertiary/aromatic N) is 2. The van der Waals surface area contributed by atoms with Gasteiger partial charge in [-0.3, -0.25) is 4.68 Å². The SMILES string of the molecule is CSCCNCCn1ccc(-c2cc(Cl)ccc2OC(F)F)n1. The first-order valence-electron chi connectivity index (χ1n) is 7.08. The van der Waals surface area contributed by atoms with Crippen LogP contribution < -0.4 is 10.1 Å². The van der Waals surface area contributed by atoms with Gasteiger partial charge in [0.15, 0.2) is 0 Å². The normalized spacial score (nSPS) is 11.2. The van der Waals surface area contributed by atoms with E-state index in [0.29, 0.717) is 22.8 Å². The number of benzene rings is 1. The van der Waals surface area contributed by atoms with Crippen molar-refractivity contribution in [1.29, 1.82) is 0 Å². The van der Waals surface area contributed by atoms with E-state index in [1.165, 1.54) is 12.1 Å². The number of thioether (sulfide) groups is 1. The molecule has 0 aliphatic rings. The molecule has 0 amide bonds. The average Bonchev–Trinajstić information content (AvgIpc) is 2.97. The predicted molar refractivity (Wildman–Crippen MR) is 90.6 cm³/mol. The van der Waals surface area contributed by atoms with Gasteiger partial charge in [-0.05, 0) is 30.5 Å². The second kappa shape index (κ2) is 9.10. The molecule has 0 saturated carbocycles. The zero-order valence-electron chi connectivity index (χ0n) is 12.6. The second-order valence-electron chi connectivity index (χ2n) is 4.73. The number of ether oxygens (including phenoxy) is 1. The van der Waals surface area contributed by atoms with Crippen LogP contribution in [0.4, 0.5) is 8.78 Å². The van der Waals surface area contributed by atoms with Crippen molar-refractivity contribution < 1.29 is 13.5 Å². The van der Waals surface area contributed by atoms with Crippen LogP contribution in [-0.4, -0.2) is 41.5 Å². The average molecular weight is 362 g/mol. The molecule has 0 atom stereocenters. The molecule has 1 aromatic heterocycles. The van der Waals surface area contributed by atoms with Crippen LogP contribution in [0.15, 0.2) is 30.5 Å². The first-order chi connectivity index (χ1) is 11.1. The van der Waals surface area contributed by atoms with Crippen molar-refractivity contribution in [2.24, 2.45) is 0 Å². The molecule has 0 saturated heterocycles. The van der Waals surface area contributed by atoms with E-state index < -0.39 is 6.61 Å². The fourth-order valence-electron chi connectivity index (χ4n) is 2.02. The summed E-state index contributed by atoms with van der Waals surface area (Å²) in [4.78, 5) is 0. The summed E-state index contributed by atoms with van der Waals surface area (Å²) >= 11 is 7.74. The highest BCUT2D eigenvalue weighted by molar-refractivity contribution is 7.98. The van der Waals surface area contributed by atoms with Gasteiger partial charge in [-0.1, -0.05) is 11.6 Å². The number of halogens is 3. The molecule has 0 radical (unpaired) electrons. The Labute approximate surface area is 143 Å². The summed E-state index contributed by atoms with van der Waals surface area (Å²) in [5.74, 6) is 1.12. The lowest BCUT2D eigenvalue weighted by atomic mass is 10.1. The van der Waals surface area contributed by atoms with E-state index in [0.717, 1.165) is 18.8 Å². The van der Waals surface area contributed by atoms with Gasteiger partial charge in [-0.15, -0.1) is 0 Å². The van der Waals surface area contributed by atoms with Gasteiger partial charge < -0.3 is 10.1 Å². The largest absolute Gasteiger partial charge is 0.434 e. The van der Waals surface area contributed by atoms with Crippen LogP contribution in [0.25, 0.3) is 11.3 Å². The Hall–Kier alpha value is -1.31. The molecule has 8 heteroatoms. The standard InChI is InChI=1S/C15H18ClF2N3OS/c1-23-9-6-19-5-8-21-7-4-13(20-21)12-10-11(16)2-3-14(12)22-15(17)18/h2-4,7,10,15,19H,5-6,8-9H2,1H3. The maximum atomic E-state index is 12.5. The molecule has 0 bridgehead atoms. The van der Waals surface area contributed by atoms with E-state index in [4.69, 9.17) is 11.6 Å². The Kier molecular flexibility index (Phi) is 7.14. The van der Waals surface area contributed by atoms with Crippen molar-refractivity contribution in [1.82, 2.24) is 15.1 Å². The molecule has 23 heavy (non-hydrogen) atoms. The number of aromatic nitrogens is 2. The van der Waals surface area contributed by atoms with Gasteiger partial charge in [0.25, 0.3) is 0 Å². The Morgan fingerprint density at radius 2 is 2.17 bits per heavy atom. The second-order valence-corrected chi connectivity index (χ2v) is 6.15. The fourth-order valence-corrected chi connectivity index (χ4v) is 2.54. The Bertz CT molecular complexity index is 625. The van der Waals surface area contributed by atoms with E-state index >= 15 is 0 Å². The Morgan fingerprint density at radius 3 is 2.91 bits per heavy atom. The van der Waals surface area contributed by atoms with Crippen LogP contribution in [0.5, 0.6) is 5.75 Å². The zero-order valence-corrected chi connectivity index (χ0v) is 14.2. The van der Waals surface area contributed by atoms with E-state index in [2.05, 4.69) is 21.4 Å². The van der Waals surface area contributed by atoms with Crippen molar-refractivity contribution in [2.75, 3.05) is 25.1 Å². The summed E-state index contributed by atoms with van der Waals surface area (Å²) in [7, 11) is 0. The smallest absolute Gasteiger partial charge is 0.387 e. The summed E-state index contributed by atoms with van der Waals surface area (Å²) in [6.45, 7) is -0.467. The molecule has 0 aliphatic carbocycles. The number of hydrogen-bond acceptors (Lipinski definition) is 4. The number of nitrogens with one attached hydrogen (secondary N) is 1. The highest BCUT2D eigenvalue weighted by Crippen LogP contribution is 2.32. The van der Waals surface area contributed by atoms with E-state index in [-0.39, 0.29) is 5.75 Å². The molecular weight excluding hydrogens is 344 g/mol. The first kappa shape index (κ1) is 18.0. The highest BCUT2D eigenvalue weighted by atomic mass is 35.5. The summed E-state index contributed by atoms with van der Waals surface area (Å²) in [6, 6.07) is 6.26. The number of hydrogen-bond donors (Lipinski definition) is 1. The topological polar surface area (TPSA) is 39.1 Å². The number of rotatable bonds is 9. The van der Waals surface area contributed by atoms with Gasteiger partial charge in [-0.2, -0.15) is 25.6 Å². The molecule has 0 aliphatic heterocycles. The van der Waals surface area contributed by atoms with Crippen LogP contribution in [0.3, 0.4) is 0 Å². The van der Waals surface area contributed by atoms with E-state index in [1.54, 1.807) is 34.8 Å². The van der Waals surface area contributed by atoms with Crippen LogP contribution in [0, 0.1) is 0 Å². The minimum atomic E-state index is -2.89. The molecule has 126 valence electrons. The third-order valence-electron chi connectivity index (χ3n) is 3.07. The Balaban J connectivity index is 2.06. The van der Waals surface area contributed by atoms with Gasteiger partial charge in [0.1, 0.15) is 5.75 Å². The van der Waals surface area contributed by atoms with Crippen molar-refractivity contribution >= 4 is 23.4 Å². The maximum Gasteiger partial charge on any atom is 0.387 e. The molecule has 0 spiro atoms. The van der Waals surface area contributed by atoms with Gasteiger partial charge in [-0.25, -0.2) is 0 Å². The maximum absolute atomic E-state index is 12.5. The summed E-state index contributed by atoms with van der Waals surface area (Å²) in [6.07, 6.45) is 3.87. The lowest BCUT2D eigenvalue weighted by Crippen LogP contribution is -2.22. The lowest BCUT2D eigenvalue weighted by Gasteiger charge is -2.09. The summed E-state index contributed by atoms with van der Waals surface area (Å²) < 4.78 is 31.3. The van der Waals surface area contributed by atoms with Crippen LogP contribution in [0.2, 0.25) is 5.02 Å². The molecule has 4 nitrogen and oxygen atoms in total. The van der Waals surface area contributed by atoms with Gasteiger partial charge in [0, 0.05) is 35.6 Å². The molecule has 1 aromatic carbocycles. The van der Waals surface area contributed by atoms with Crippen molar-refractivity contribution in [2.45, 2.75) is 13.2 Å². The van der Waals surface area contributed by atoms with Gasteiger partial charge >= 0.3 is 6.61 Å². The minimum absolute atomic E-state index is 0.0627. The quantitative estimate of drug-likeness (QED) is 0.690. The van der Waals surface area contributed by atoms with Crippen LogP contribution in [-0.2, 0) is 6.54 Å². The van der Waals surface area contributed by atoms with Crippen molar-refractivity contribution in [3.63, 3.8) is 0 Å². The zero-order chi connectivity index (χ0) is 16.7. The molecule has 1 N–H and O–H groups in total. The predicted octanol–water partition coefficient (Wildman–Crippen LogP) is 3.76. The monoisotopic (exact) mass is 361 g/mol. The third-order valence-corrected chi connectivity index (χ3v) is 3.92. The molecule has 0 fully saturated rings. The summed E-state index contributed by atoms with van der Waals surface area (Å²) in [5.41, 5.74) is 0.999. The fraction of sp³-hybridized carbons (Fsp3) is 0.400. The van der Waals surface area contributed by atoms with Gasteiger partial charge in [0.2, 0.25) is 0 Å². The van der Waals surface area contributed by atoms with Crippen LogP contribution in [0.1, 0.15) is 0 Å². The molecule has 2 aromatic rings. The first-order valence-corrected chi connectivity index (χ1v) is 8.85. The van der Waals surface area contributed by atoms with Crippen molar-refractivity contribution in [3.05, 3.63) is 35.5 Å². The number of alkyl halides is 2. The van der Waals surface area contributed by atoms with E-state index in [1.807, 2.05) is 0 Å². The lowest BCUT2D eigenvalue weighted by molar-refractivity contribution is -0.0494. The van der Waals surface area contributed by atoms with Crippen LogP contribution >= 0.6 is 23.4 Å². The van der Waals surface area contributed by atoms with Gasteiger partial charge in [0.05, 0.1) is 12.2 Å². The van der Waals surface area contributed by atoms with Crippen molar-refractivity contribution in [3.8, 4) is 17.0 Å². The third kappa shape index (κ3) is 5.67. The minimum Gasteiger partial charge on any atom is -0.434 e. The molecular formula is C15H18ClF2N3OS. The highest BCUT2D eigenvalue weighted by Gasteiger charge is 2.14. The Morgan fingerprint density at radius 1 is 1.35 bits per heavy atom. The molecule has 1 heterocycles.